The summed E-state index contributed by atoms with van der Waals surface area (Å²) < 4.78 is 26.6. The zero-order valence-corrected chi connectivity index (χ0v) is 9.95. The first-order chi connectivity index (χ1) is 9.19. The van der Waals surface area contributed by atoms with Crippen LogP contribution < -0.4 is 5.73 Å². The normalized spacial score (nSPS) is 11.1. The van der Waals surface area contributed by atoms with E-state index in [0.717, 1.165) is 17.1 Å². The molecule has 0 aliphatic heterocycles. The number of hydrogen-bond acceptors (Lipinski definition) is 2. The predicted molar refractivity (Wildman–Crippen MR) is 69.3 cm³/mol. The number of aromatic amines is 1. The van der Waals surface area contributed by atoms with Gasteiger partial charge in [-0.25, -0.2) is 13.8 Å². The van der Waals surface area contributed by atoms with Gasteiger partial charge in [-0.15, -0.1) is 0 Å². The Labute approximate surface area is 108 Å². The number of nitrogens with two attached hydrogens (primary N) is 1. The predicted octanol–water partition coefficient (Wildman–Crippen LogP) is 2.97. The van der Waals surface area contributed by atoms with Crippen molar-refractivity contribution in [3.05, 3.63) is 53.6 Å². The van der Waals surface area contributed by atoms with Crippen LogP contribution in [0.2, 0.25) is 0 Å². The van der Waals surface area contributed by atoms with Gasteiger partial charge in [-0.05, 0) is 23.8 Å². The fraction of sp³-hybridized carbons (Fsp3) is 0.0714. The third kappa shape index (κ3) is 1.98. The van der Waals surface area contributed by atoms with Crippen molar-refractivity contribution in [3.8, 4) is 11.4 Å². The summed E-state index contributed by atoms with van der Waals surface area (Å²) in [5, 5.41) is 0. The molecular formula is C14H11F2N3. The Kier molecular flexibility index (Phi) is 2.76. The average molecular weight is 259 g/mol. The summed E-state index contributed by atoms with van der Waals surface area (Å²) >= 11 is 0. The van der Waals surface area contributed by atoms with Crippen LogP contribution in [-0.4, -0.2) is 9.97 Å². The molecule has 3 aromatic rings. The maximum atomic E-state index is 13.7. The molecule has 0 saturated carbocycles. The van der Waals surface area contributed by atoms with Crippen LogP contribution in [0, 0.1) is 11.6 Å². The molecule has 0 fully saturated rings. The number of aromatic nitrogens is 2. The Bertz CT molecular complexity index is 750. The second-order valence-electron chi connectivity index (χ2n) is 4.23. The summed E-state index contributed by atoms with van der Waals surface area (Å²) in [6, 6.07) is 8.97. The maximum Gasteiger partial charge on any atom is 0.141 e. The first-order valence-electron chi connectivity index (χ1n) is 5.82. The van der Waals surface area contributed by atoms with E-state index in [1.807, 2.05) is 18.2 Å². The highest BCUT2D eigenvalue weighted by atomic mass is 19.1. The van der Waals surface area contributed by atoms with Crippen LogP contribution in [0.15, 0.2) is 36.4 Å². The molecule has 3 nitrogen and oxygen atoms in total. The van der Waals surface area contributed by atoms with Crippen molar-refractivity contribution in [2.24, 2.45) is 5.73 Å². The van der Waals surface area contributed by atoms with Crippen molar-refractivity contribution >= 4 is 11.0 Å². The Morgan fingerprint density at radius 2 is 2.00 bits per heavy atom. The van der Waals surface area contributed by atoms with E-state index in [4.69, 9.17) is 5.73 Å². The van der Waals surface area contributed by atoms with Crippen molar-refractivity contribution < 1.29 is 8.78 Å². The van der Waals surface area contributed by atoms with E-state index < -0.39 is 11.6 Å². The zero-order chi connectivity index (χ0) is 13.4. The van der Waals surface area contributed by atoms with Crippen LogP contribution in [0.5, 0.6) is 0 Å². The fourth-order valence-corrected chi connectivity index (χ4v) is 2.07. The largest absolute Gasteiger partial charge is 0.338 e. The summed E-state index contributed by atoms with van der Waals surface area (Å²) in [4.78, 5) is 7.36. The van der Waals surface area contributed by atoms with Crippen LogP contribution in [0.3, 0.4) is 0 Å². The molecule has 0 amide bonds. The van der Waals surface area contributed by atoms with Gasteiger partial charge in [-0.2, -0.15) is 0 Å². The number of halogens is 2. The first kappa shape index (κ1) is 11.8. The summed E-state index contributed by atoms with van der Waals surface area (Å²) in [7, 11) is 0. The van der Waals surface area contributed by atoms with E-state index in [0.29, 0.717) is 17.9 Å². The first-order valence-corrected chi connectivity index (χ1v) is 5.82. The molecule has 0 aliphatic carbocycles. The molecule has 0 aliphatic rings. The van der Waals surface area contributed by atoms with Crippen molar-refractivity contribution in [2.75, 3.05) is 0 Å². The Hall–Kier alpha value is -2.27. The monoisotopic (exact) mass is 259 g/mol. The molecule has 96 valence electrons. The highest BCUT2D eigenvalue weighted by molar-refractivity contribution is 5.82. The molecule has 0 unspecified atom stereocenters. The molecule has 19 heavy (non-hydrogen) atoms. The second-order valence-corrected chi connectivity index (χ2v) is 4.23. The lowest BCUT2D eigenvalue weighted by Crippen LogP contribution is -1.96. The van der Waals surface area contributed by atoms with Gasteiger partial charge in [0.1, 0.15) is 17.5 Å². The molecule has 0 saturated heterocycles. The van der Waals surface area contributed by atoms with Crippen LogP contribution in [0.1, 0.15) is 5.56 Å². The Morgan fingerprint density at radius 3 is 2.74 bits per heavy atom. The third-order valence-corrected chi connectivity index (χ3v) is 3.00. The molecule has 0 bridgehead atoms. The smallest absolute Gasteiger partial charge is 0.141 e. The zero-order valence-electron chi connectivity index (χ0n) is 9.95. The summed E-state index contributed by atoms with van der Waals surface area (Å²) in [5.74, 6) is -0.887. The van der Waals surface area contributed by atoms with Gasteiger partial charge in [-0.1, -0.05) is 12.1 Å². The highest BCUT2D eigenvalue weighted by Crippen LogP contribution is 2.25. The Morgan fingerprint density at radius 1 is 1.16 bits per heavy atom. The number of hydrogen-bond donors (Lipinski definition) is 2. The van der Waals surface area contributed by atoms with E-state index in [1.54, 1.807) is 0 Å². The van der Waals surface area contributed by atoms with Gasteiger partial charge < -0.3 is 10.7 Å². The molecule has 2 aromatic carbocycles. The topological polar surface area (TPSA) is 54.7 Å². The van der Waals surface area contributed by atoms with E-state index >= 15 is 0 Å². The summed E-state index contributed by atoms with van der Waals surface area (Å²) in [6.45, 7) is 0.355. The van der Waals surface area contributed by atoms with Crippen molar-refractivity contribution in [1.82, 2.24) is 9.97 Å². The lowest BCUT2D eigenvalue weighted by atomic mass is 10.2. The highest BCUT2D eigenvalue weighted by Gasteiger charge is 2.12. The van der Waals surface area contributed by atoms with E-state index in [2.05, 4.69) is 9.97 Å². The molecular weight excluding hydrogens is 248 g/mol. The standard InChI is InChI=1S/C14H11F2N3/c15-9-4-5-10(11(16)6-9)14-18-12-3-1-2-8(7-17)13(12)19-14/h1-6H,7,17H2,(H,18,19). The van der Waals surface area contributed by atoms with Crippen molar-refractivity contribution in [2.45, 2.75) is 6.54 Å². The quantitative estimate of drug-likeness (QED) is 0.743. The summed E-state index contributed by atoms with van der Waals surface area (Å²) in [6.07, 6.45) is 0. The van der Waals surface area contributed by atoms with Crippen LogP contribution in [0.4, 0.5) is 8.78 Å². The van der Waals surface area contributed by atoms with Crippen LogP contribution in [-0.2, 0) is 6.54 Å². The second kappa shape index (κ2) is 4.44. The SMILES string of the molecule is NCc1cccc2[nH]c(-c3ccc(F)cc3F)nc12. The van der Waals surface area contributed by atoms with Gasteiger partial charge in [0.25, 0.3) is 0 Å². The number of fused-ring (bicyclic) bond motifs is 1. The van der Waals surface area contributed by atoms with Gasteiger partial charge >= 0.3 is 0 Å². The Balaban J connectivity index is 2.20. The van der Waals surface area contributed by atoms with E-state index in [1.165, 1.54) is 12.1 Å². The van der Waals surface area contributed by atoms with Crippen molar-refractivity contribution in [1.29, 1.82) is 0 Å². The van der Waals surface area contributed by atoms with Crippen molar-refractivity contribution in [3.63, 3.8) is 0 Å². The van der Waals surface area contributed by atoms with Crippen LogP contribution in [0.25, 0.3) is 22.4 Å². The number of nitrogens with one attached hydrogen (secondary N) is 1. The fourth-order valence-electron chi connectivity index (χ4n) is 2.07. The number of imidazole rings is 1. The minimum Gasteiger partial charge on any atom is -0.338 e. The number of H-pyrrole nitrogens is 1. The van der Waals surface area contributed by atoms with Gasteiger partial charge in [0.2, 0.25) is 0 Å². The molecule has 0 spiro atoms. The van der Waals surface area contributed by atoms with Gasteiger partial charge in [-0.3, -0.25) is 0 Å². The molecule has 3 rings (SSSR count). The minimum absolute atomic E-state index is 0.237. The number of rotatable bonds is 2. The molecule has 1 heterocycles. The lowest BCUT2D eigenvalue weighted by molar-refractivity contribution is 0.585. The van der Waals surface area contributed by atoms with Gasteiger partial charge in [0, 0.05) is 12.6 Å². The maximum absolute atomic E-state index is 13.7. The molecule has 0 atom stereocenters. The number of benzene rings is 2. The average Bonchev–Trinajstić information content (AvgIpc) is 2.81. The lowest BCUT2D eigenvalue weighted by Gasteiger charge is -1.98. The molecule has 1 aromatic heterocycles. The molecule has 5 heteroatoms. The van der Waals surface area contributed by atoms with Crippen LogP contribution >= 0.6 is 0 Å². The summed E-state index contributed by atoms with van der Waals surface area (Å²) in [5.41, 5.74) is 8.24. The number of nitrogens with zero attached hydrogens (tertiary/aromatic N) is 1. The number of para-hydroxylation sites is 1. The van der Waals surface area contributed by atoms with E-state index in [-0.39, 0.29) is 5.56 Å². The van der Waals surface area contributed by atoms with E-state index in [9.17, 15) is 8.78 Å². The van der Waals surface area contributed by atoms with Gasteiger partial charge in [0.05, 0.1) is 16.6 Å². The third-order valence-electron chi connectivity index (χ3n) is 3.00. The molecule has 3 N–H and O–H groups in total. The van der Waals surface area contributed by atoms with Gasteiger partial charge in [0.15, 0.2) is 0 Å². The minimum atomic E-state index is -0.645. The molecule has 0 radical (unpaired) electrons.